The molecule has 0 aliphatic carbocycles. The Balaban J connectivity index is 1.65. The summed E-state index contributed by atoms with van der Waals surface area (Å²) in [5.74, 6) is 7.37. The van der Waals surface area contributed by atoms with E-state index in [9.17, 15) is 0 Å². The van der Waals surface area contributed by atoms with Crippen LogP contribution in [0.3, 0.4) is 0 Å². The highest BCUT2D eigenvalue weighted by atomic mass is 32.2. The van der Waals surface area contributed by atoms with Crippen molar-refractivity contribution in [1.29, 1.82) is 0 Å². The van der Waals surface area contributed by atoms with Gasteiger partial charge in [-0.15, -0.1) is 10.2 Å². The molecular weight excluding hydrogens is 294 g/mol. The summed E-state index contributed by atoms with van der Waals surface area (Å²) in [5, 5.41) is 8.88. The Hall–Kier alpha value is -2.60. The molecule has 2 aromatic heterocycles. The number of aromatic nitrogens is 4. The average Bonchev–Trinajstić information content (AvgIpc) is 2.94. The third-order valence-corrected chi connectivity index (χ3v) is 3.87. The Kier molecular flexibility index (Phi) is 4.50. The molecular formula is C16H15N5S. The number of pyridine rings is 1. The quantitative estimate of drug-likeness (QED) is 0.580. The second-order valence-corrected chi connectivity index (χ2v) is 5.50. The monoisotopic (exact) mass is 309 g/mol. The lowest BCUT2D eigenvalue weighted by molar-refractivity contribution is 0.849. The number of thioether (sulfide) groups is 1. The van der Waals surface area contributed by atoms with E-state index in [1.807, 2.05) is 36.4 Å². The highest BCUT2D eigenvalue weighted by Gasteiger charge is 2.11. The Morgan fingerprint density at radius 2 is 1.86 bits per heavy atom. The Morgan fingerprint density at radius 1 is 1.05 bits per heavy atom. The van der Waals surface area contributed by atoms with Crippen molar-refractivity contribution in [2.24, 2.45) is 0 Å². The van der Waals surface area contributed by atoms with Gasteiger partial charge in [-0.1, -0.05) is 60.3 Å². The van der Waals surface area contributed by atoms with Crippen LogP contribution in [0.5, 0.6) is 0 Å². The summed E-state index contributed by atoms with van der Waals surface area (Å²) >= 11 is 1.53. The summed E-state index contributed by atoms with van der Waals surface area (Å²) in [7, 11) is 0. The van der Waals surface area contributed by atoms with Crippen LogP contribution in [0, 0.1) is 0 Å². The summed E-state index contributed by atoms with van der Waals surface area (Å²) in [6.07, 6.45) is 5.86. The minimum atomic E-state index is 0.565. The zero-order valence-electron chi connectivity index (χ0n) is 11.8. The normalized spacial score (nSPS) is 11.1. The van der Waals surface area contributed by atoms with E-state index in [-0.39, 0.29) is 0 Å². The van der Waals surface area contributed by atoms with Crippen LogP contribution in [0.4, 0.5) is 0 Å². The fourth-order valence-electron chi connectivity index (χ4n) is 1.92. The first kappa shape index (κ1) is 14.3. The Morgan fingerprint density at radius 3 is 2.64 bits per heavy atom. The van der Waals surface area contributed by atoms with Gasteiger partial charge in [0, 0.05) is 11.9 Å². The van der Waals surface area contributed by atoms with Gasteiger partial charge in [0.1, 0.15) is 5.69 Å². The molecule has 0 radical (unpaired) electrons. The van der Waals surface area contributed by atoms with Crippen molar-refractivity contribution in [1.82, 2.24) is 19.9 Å². The van der Waals surface area contributed by atoms with Gasteiger partial charge in [0.05, 0.1) is 0 Å². The molecule has 0 saturated heterocycles. The van der Waals surface area contributed by atoms with Gasteiger partial charge in [0.2, 0.25) is 11.0 Å². The molecule has 0 atom stereocenters. The molecule has 0 saturated carbocycles. The highest BCUT2D eigenvalue weighted by molar-refractivity contribution is 7.99. The number of nitrogens with zero attached hydrogens (tertiary/aromatic N) is 4. The van der Waals surface area contributed by atoms with Gasteiger partial charge in [0.15, 0.2) is 0 Å². The first-order valence-electron chi connectivity index (χ1n) is 6.81. The SMILES string of the molecule is Nn1c(SC/C=C/c2ccccc2)nnc1-c1ccccn1. The largest absolute Gasteiger partial charge is 0.335 e. The fraction of sp³-hybridized carbons (Fsp3) is 0.0625. The number of benzene rings is 1. The maximum absolute atomic E-state index is 6.04. The molecule has 22 heavy (non-hydrogen) atoms. The third kappa shape index (κ3) is 3.35. The van der Waals surface area contributed by atoms with Crippen LogP contribution < -0.4 is 5.84 Å². The third-order valence-electron chi connectivity index (χ3n) is 2.98. The van der Waals surface area contributed by atoms with Crippen molar-refractivity contribution in [3.8, 4) is 11.5 Å². The van der Waals surface area contributed by atoms with Gasteiger partial charge >= 0.3 is 0 Å². The van der Waals surface area contributed by atoms with E-state index in [1.165, 1.54) is 22.0 Å². The number of nitrogen functional groups attached to an aromatic ring is 1. The lowest BCUT2D eigenvalue weighted by Crippen LogP contribution is -2.12. The van der Waals surface area contributed by atoms with Crippen molar-refractivity contribution < 1.29 is 0 Å². The van der Waals surface area contributed by atoms with E-state index in [0.29, 0.717) is 16.7 Å². The molecule has 0 fully saturated rings. The Bertz CT molecular complexity index is 753. The second-order valence-electron chi connectivity index (χ2n) is 4.52. The number of nitrogens with two attached hydrogens (primary N) is 1. The summed E-state index contributed by atoms with van der Waals surface area (Å²) in [5.41, 5.74) is 1.88. The minimum absolute atomic E-state index is 0.565. The smallest absolute Gasteiger partial charge is 0.210 e. The predicted molar refractivity (Wildman–Crippen MR) is 89.6 cm³/mol. The van der Waals surface area contributed by atoms with Crippen LogP contribution in [-0.4, -0.2) is 25.6 Å². The van der Waals surface area contributed by atoms with E-state index in [2.05, 4.69) is 39.5 Å². The fourth-order valence-corrected chi connectivity index (χ4v) is 2.58. The van der Waals surface area contributed by atoms with Crippen LogP contribution in [0.1, 0.15) is 5.56 Å². The molecule has 2 N–H and O–H groups in total. The van der Waals surface area contributed by atoms with Crippen LogP contribution in [0.15, 0.2) is 66.0 Å². The zero-order chi connectivity index (χ0) is 15.2. The molecule has 0 bridgehead atoms. The molecule has 0 spiro atoms. The van der Waals surface area contributed by atoms with Gasteiger partial charge in [-0.3, -0.25) is 4.98 Å². The predicted octanol–water partition coefficient (Wildman–Crippen LogP) is 2.86. The summed E-state index contributed by atoms with van der Waals surface area (Å²) < 4.78 is 1.48. The minimum Gasteiger partial charge on any atom is -0.335 e. The maximum atomic E-state index is 6.04. The molecule has 0 aliphatic heterocycles. The van der Waals surface area contributed by atoms with E-state index < -0.39 is 0 Å². The first-order chi connectivity index (χ1) is 10.8. The molecule has 6 heteroatoms. The van der Waals surface area contributed by atoms with Gasteiger partial charge in [-0.2, -0.15) is 0 Å². The van der Waals surface area contributed by atoms with Crippen LogP contribution >= 0.6 is 11.8 Å². The molecule has 0 aliphatic rings. The molecule has 0 unspecified atom stereocenters. The maximum Gasteiger partial charge on any atom is 0.210 e. The van der Waals surface area contributed by atoms with Crippen LogP contribution in [0.2, 0.25) is 0 Å². The van der Waals surface area contributed by atoms with E-state index in [4.69, 9.17) is 5.84 Å². The number of hydrogen-bond donors (Lipinski definition) is 1. The summed E-state index contributed by atoms with van der Waals surface area (Å²) in [6, 6.07) is 15.8. The van der Waals surface area contributed by atoms with Crippen molar-refractivity contribution >= 4 is 17.8 Å². The van der Waals surface area contributed by atoms with Crippen molar-refractivity contribution in [2.75, 3.05) is 11.6 Å². The first-order valence-corrected chi connectivity index (χ1v) is 7.79. The molecule has 3 aromatic rings. The van der Waals surface area contributed by atoms with Gasteiger partial charge in [-0.05, 0) is 17.7 Å². The average molecular weight is 309 g/mol. The topological polar surface area (TPSA) is 69.6 Å². The van der Waals surface area contributed by atoms with Crippen LogP contribution in [0.25, 0.3) is 17.6 Å². The molecule has 2 heterocycles. The second kappa shape index (κ2) is 6.91. The molecule has 0 amide bonds. The van der Waals surface area contributed by atoms with E-state index >= 15 is 0 Å². The van der Waals surface area contributed by atoms with E-state index in [0.717, 1.165) is 5.75 Å². The van der Waals surface area contributed by atoms with Gasteiger partial charge < -0.3 is 5.84 Å². The lowest BCUT2D eigenvalue weighted by atomic mass is 10.2. The summed E-state index contributed by atoms with van der Waals surface area (Å²) in [6.45, 7) is 0. The molecule has 110 valence electrons. The van der Waals surface area contributed by atoms with Gasteiger partial charge in [-0.25, -0.2) is 4.68 Å². The zero-order valence-corrected chi connectivity index (χ0v) is 12.6. The number of rotatable bonds is 5. The lowest BCUT2D eigenvalue weighted by Gasteiger charge is -2.01. The van der Waals surface area contributed by atoms with Crippen molar-refractivity contribution in [3.63, 3.8) is 0 Å². The van der Waals surface area contributed by atoms with E-state index in [1.54, 1.807) is 6.20 Å². The standard InChI is InChI=1S/C16H15N5S/c17-21-15(14-10-4-5-11-18-14)19-20-16(21)22-12-6-9-13-7-2-1-3-8-13/h1-11H,12,17H2/b9-6+. The Labute approximate surface area is 132 Å². The van der Waals surface area contributed by atoms with Crippen molar-refractivity contribution in [3.05, 3.63) is 66.4 Å². The highest BCUT2D eigenvalue weighted by Crippen LogP contribution is 2.20. The van der Waals surface area contributed by atoms with Crippen LogP contribution in [-0.2, 0) is 0 Å². The van der Waals surface area contributed by atoms with Crippen molar-refractivity contribution in [2.45, 2.75) is 5.16 Å². The van der Waals surface area contributed by atoms with Gasteiger partial charge in [0.25, 0.3) is 0 Å². The molecule has 3 rings (SSSR count). The summed E-state index contributed by atoms with van der Waals surface area (Å²) in [4.78, 5) is 4.23. The molecule has 5 nitrogen and oxygen atoms in total. The molecule has 1 aromatic carbocycles. The number of hydrogen-bond acceptors (Lipinski definition) is 5.